The average Bonchev–Trinajstić information content (AvgIpc) is 1.66. The number of rotatable bonds is 2. The molecule has 10 heavy (non-hydrogen) atoms. The smallest absolute Gasteiger partial charge is 0.672 e. The first-order chi connectivity index (χ1) is 4.15. The Kier molecular flexibility index (Phi) is 27.1. The summed E-state index contributed by atoms with van der Waals surface area (Å²) in [6.45, 7) is 5.67. The van der Waals surface area contributed by atoms with E-state index in [9.17, 15) is 0 Å². The molecule has 0 aromatic rings. The molecule has 0 rings (SSSR count). The SMILES string of the molecule is CCOCC.O=[Si]([O-])[O-].[Mg+2]. The van der Waals surface area contributed by atoms with Crippen LogP contribution >= 0.6 is 0 Å². The van der Waals surface area contributed by atoms with Gasteiger partial charge in [0.2, 0.25) is 0 Å². The summed E-state index contributed by atoms with van der Waals surface area (Å²) in [5, 5.41) is 0. The molecule has 0 saturated carbocycles. The summed E-state index contributed by atoms with van der Waals surface area (Å²) >= 11 is 0. The molecule has 0 atom stereocenters. The Bertz CT molecular complexity index is 64.3. The molecule has 0 spiro atoms. The fourth-order valence-electron chi connectivity index (χ4n) is 0.204. The van der Waals surface area contributed by atoms with Crippen molar-refractivity contribution in [3.05, 3.63) is 0 Å². The molecule has 0 aliphatic heterocycles. The predicted octanol–water partition coefficient (Wildman–Crippen LogP) is -2.22. The normalized spacial score (nSPS) is 6.60. The van der Waals surface area contributed by atoms with E-state index in [0.717, 1.165) is 13.2 Å². The van der Waals surface area contributed by atoms with Gasteiger partial charge >= 0.3 is 23.1 Å². The zero-order chi connectivity index (χ0) is 7.70. The fourth-order valence-corrected chi connectivity index (χ4v) is 0.204. The van der Waals surface area contributed by atoms with Crippen LogP contribution in [0.2, 0.25) is 0 Å². The molecule has 4 nitrogen and oxygen atoms in total. The van der Waals surface area contributed by atoms with Crippen molar-refractivity contribution in [3.8, 4) is 0 Å². The quantitative estimate of drug-likeness (QED) is 0.445. The molecule has 56 valence electrons. The minimum absolute atomic E-state index is 0. The van der Waals surface area contributed by atoms with Gasteiger partial charge in [-0.1, -0.05) is 0 Å². The second kappa shape index (κ2) is 16.2. The van der Waals surface area contributed by atoms with E-state index in [1.807, 2.05) is 13.8 Å². The first kappa shape index (κ1) is 16.7. The molecule has 0 heterocycles. The van der Waals surface area contributed by atoms with Crippen LogP contribution in [0.5, 0.6) is 0 Å². The Hall–Kier alpha value is 0.343. The molecular formula is C4H10MgO4Si. The number of ether oxygens (including phenoxy) is 1. The van der Waals surface area contributed by atoms with E-state index in [1.54, 1.807) is 0 Å². The standard InChI is InChI=1S/C4H10O.Mg.O3Si/c1-3-5-4-2;;1-4(2)3/h3-4H2,1-2H3;;/q;+2;-2. The van der Waals surface area contributed by atoms with Crippen LogP contribution in [0, 0.1) is 0 Å². The van der Waals surface area contributed by atoms with Gasteiger partial charge in [0.25, 0.3) is 0 Å². The molecule has 6 heteroatoms. The van der Waals surface area contributed by atoms with Crippen LogP contribution in [-0.2, 0) is 9.20 Å². The maximum absolute atomic E-state index is 8.52. The van der Waals surface area contributed by atoms with E-state index < -0.39 is 9.17 Å². The van der Waals surface area contributed by atoms with E-state index in [4.69, 9.17) is 18.8 Å². The zero-order valence-corrected chi connectivity index (χ0v) is 8.67. The van der Waals surface area contributed by atoms with Crippen LogP contribution in [0.15, 0.2) is 0 Å². The Balaban J connectivity index is -0.0000000910. The molecular weight excluding hydrogens is 164 g/mol. The Morgan fingerprint density at radius 3 is 1.50 bits per heavy atom. The van der Waals surface area contributed by atoms with Gasteiger partial charge in [-0.3, -0.25) is 0 Å². The first-order valence-electron chi connectivity index (χ1n) is 2.60. The van der Waals surface area contributed by atoms with Crippen LogP contribution < -0.4 is 9.59 Å². The second-order valence-electron chi connectivity index (χ2n) is 1.03. The summed E-state index contributed by atoms with van der Waals surface area (Å²) < 4.78 is 13.4. The minimum atomic E-state index is -3.63. The van der Waals surface area contributed by atoms with Gasteiger partial charge in [0, 0.05) is 22.4 Å². The van der Waals surface area contributed by atoms with E-state index in [-0.39, 0.29) is 23.1 Å². The van der Waals surface area contributed by atoms with Crippen LogP contribution in [0.4, 0.5) is 0 Å². The van der Waals surface area contributed by atoms with Crippen molar-refractivity contribution in [1.82, 2.24) is 0 Å². The average molecular weight is 175 g/mol. The van der Waals surface area contributed by atoms with Gasteiger partial charge in [0.15, 0.2) is 0 Å². The third-order valence-electron chi connectivity index (χ3n) is 0.408. The van der Waals surface area contributed by atoms with E-state index in [2.05, 4.69) is 0 Å². The summed E-state index contributed by atoms with van der Waals surface area (Å²) in [6.07, 6.45) is 0. The van der Waals surface area contributed by atoms with Gasteiger partial charge in [-0.2, -0.15) is 0 Å². The van der Waals surface area contributed by atoms with E-state index in [1.165, 1.54) is 0 Å². The predicted molar refractivity (Wildman–Crippen MR) is 34.4 cm³/mol. The molecule has 0 aliphatic carbocycles. The largest absolute Gasteiger partial charge is 2.00 e. The molecule has 0 fully saturated rings. The van der Waals surface area contributed by atoms with Gasteiger partial charge in [0.05, 0.1) is 0 Å². The Morgan fingerprint density at radius 2 is 1.50 bits per heavy atom. The zero-order valence-electron chi connectivity index (χ0n) is 6.25. The van der Waals surface area contributed by atoms with Gasteiger partial charge in [-0.25, -0.2) is 0 Å². The summed E-state index contributed by atoms with van der Waals surface area (Å²) in [6, 6.07) is 0. The van der Waals surface area contributed by atoms with Gasteiger partial charge < -0.3 is 18.8 Å². The molecule has 0 bridgehead atoms. The van der Waals surface area contributed by atoms with Crippen LogP contribution in [0.1, 0.15) is 13.8 Å². The van der Waals surface area contributed by atoms with Crippen molar-refractivity contribution in [2.75, 3.05) is 13.2 Å². The molecule has 0 saturated heterocycles. The fraction of sp³-hybridized carbons (Fsp3) is 1.00. The van der Waals surface area contributed by atoms with Crippen LogP contribution in [-0.4, -0.2) is 45.4 Å². The third-order valence-corrected chi connectivity index (χ3v) is 0.408. The molecule has 0 aromatic heterocycles. The van der Waals surface area contributed by atoms with E-state index in [0.29, 0.717) is 0 Å². The second-order valence-corrected chi connectivity index (χ2v) is 1.53. The maximum Gasteiger partial charge on any atom is 2.00 e. The van der Waals surface area contributed by atoms with Gasteiger partial charge in [-0.15, -0.1) is 0 Å². The summed E-state index contributed by atoms with van der Waals surface area (Å²) in [5.74, 6) is 0. The molecule has 0 amide bonds. The first-order valence-corrected chi connectivity index (χ1v) is 3.83. The number of hydrogen-bond acceptors (Lipinski definition) is 4. The van der Waals surface area contributed by atoms with Gasteiger partial charge in [-0.05, 0) is 13.8 Å². The third kappa shape index (κ3) is 81.9. The van der Waals surface area contributed by atoms with Crippen LogP contribution in [0.25, 0.3) is 0 Å². The molecule has 0 N–H and O–H groups in total. The van der Waals surface area contributed by atoms with Crippen molar-refractivity contribution >= 4 is 32.2 Å². The topological polar surface area (TPSA) is 72.4 Å². The summed E-state index contributed by atoms with van der Waals surface area (Å²) in [4.78, 5) is 17.0. The molecule has 0 aliphatic rings. The monoisotopic (exact) mass is 174 g/mol. The molecule has 0 aromatic carbocycles. The molecule has 0 radical (unpaired) electrons. The van der Waals surface area contributed by atoms with Crippen molar-refractivity contribution in [1.29, 1.82) is 0 Å². The van der Waals surface area contributed by atoms with Crippen LogP contribution in [0.3, 0.4) is 0 Å². The van der Waals surface area contributed by atoms with Crippen molar-refractivity contribution < 1.29 is 18.8 Å². The maximum atomic E-state index is 8.52. The Labute approximate surface area is 78.3 Å². The molecule has 0 unspecified atom stereocenters. The van der Waals surface area contributed by atoms with Crippen molar-refractivity contribution in [3.63, 3.8) is 0 Å². The Morgan fingerprint density at radius 1 is 1.30 bits per heavy atom. The van der Waals surface area contributed by atoms with E-state index >= 15 is 0 Å². The summed E-state index contributed by atoms with van der Waals surface area (Å²) in [7, 11) is -3.63. The summed E-state index contributed by atoms with van der Waals surface area (Å²) in [5.41, 5.74) is 0. The minimum Gasteiger partial charge on any atom is -0.672 e. The number of hydrogen-bond donors (Lipinski definition) is 0. The van der Waals surface area contributed by atoms with Gasteiger partial charge in [0.1, 0.15) is 0 Å². The van der Waals surface area contributed by atoms with Crippen molar-refractivity contribution in [2.24, 2.45) is 0 Å². The van der Waals surface area contributed by atoms with Crippen molar-refractivity contribution in [2.45, 2.75) is 13.8 Å².